The molecule has 0 saturated carbocycles. The van der Waals surface area contributed by atoms with E-state index in [1.807, 2.05) is 36.4 Å². The summed E-state index contributed by atoms with van der Waals surface area (Å²) < 4.78 is 0. The highest BCUT2D eigenvalue weighted by atomic mass is 16.3. The first-order valence-corrected chi connectivity index (χ1v) is 10.2. The molecule has 0 radical (unpaired) electrons. The Morgan fingerprint density at radius 2 is 1.07 bits per heavy atom. The lowest BCUT2D eigenvalue weighted by molar-refractivity contribution is 0.445. The second kappa shape index (κ2) is 9.25. The van der Waals surface area contributed by atoms with Crippen LogP contribution in [-0.2, 0) is 10.8 Å². The van der Waals surface area contributed by atoms with E-state index in [0.29, 0.717) is 24.6 Å². The van der Waals surface area contributed by atoms with Crippen LogP contribution in [-0.4, -0.2) is 35.7 Å². The van der Waals surface area contributed by atoms with Crippen LogP contribution in [0.25, 0.3) is 0 Å². The van der Waals surface area contributed by atoms with Crippen molar-refractivity contribution in [2.75, 3.05) is 13.1 Å². The first kappa shape index (κ1) is 22.7. The van der Waals surface area contributed by atoms with Crippen LogP contribution in [0.2, 0.25) is 0 Å². The van der Waals surface area contributed by atoms with Gasteiger partial charge < -0.3 is 10.2 Å². The Labute approximate surface area is 175 Å². The molecule has 0 bridgehead atoms. The minimum Gasteiger partial charge on any atom is -0.507 e. The monoisotopic (exact) mass is 394 g/mol. The van der Waals surface area contributed by atoms with Gasteiger partial charge in [-0.05, 0) is 40.5 Å². The minimum absolute atomic E-state index is 0.113. The van der Waals surface area contributed by atoms with E-state index in [-0.39, 0.29) is 10.8 Å². The van der Waals surface area contributed by atoms with Crippen LogP contribution in [0, 0.1) is 0 Å². The van der Waals surface area contributed by atoms with Crippen molar-refractivity contribution < 1.29 is 10.2 Å². The van der Waals surface area contributed by atoms with E-state index in [4.69, 9.17) is 0 Å². The van der Waals surface area contributed by atoms with E-state index in [2.05, 4.69) is 51.5 Å². The Hall–Kier alpha value is -2.62. The van der Waals surface area contributed by atoms with Crippen molar-refractivity contribution in [1.82, 2.24) is 0 Å². The molecule has 2 aromatic rings. The molecule has 4 nitrogen and oxygen atoms in total. The van der Waals surface area contributed by atoms with Gasteiger partial charge >= 0.3 is 0 Å². The van der Waals surface area contributed by atoms with Gasteiger partial charge in [-0.25, -0.2) is 0 Å². The summed E-state index contributed by atoms with van der Waals surface area (Å²) in [7, 11) is 0. The Morgan fingerprint density at radius 3 is 1.41 bits per heavy atom. The average molecular weight is 395 g/mol. The lowest BCUT2D eigenvalue weighted by Crippen LogP contribution is -2.11. The number of phenols is 2. The standard InChI is InChI=1S/C25H34N2O2/c1-24(2,3)20-12-7-10-18(22(20)28)16-26-14-9-15-27-17-19-11-8-13-21(23(19)29)25(4,5)6/h7-8,10-13,16-17,28-29H,9,14-15H2,1-6H3. The van der Waals surface area contributed by atoms with Crippen molar-refractivity contribution in [2.45, 2.75) is 58.8 Å². The highest BCUT2D eigenvalue weighted by molar-refractivity contribution is 5.85. The van der Waals surface area contributed by atoms with Crippen molar-refractivity contribution in [1.29, 1.82) is 0 Å². The van der Waals surface area contributed by atoms with E-state index < -0.39 is 0 Å². The molecule has 4 heteroatoms. The van der Waals surface area contributed by atoms with Crippen molar-refractivity contribution in [3.05, 3.63) is 58.7 Å². The summed E-state index contributed by atoms with van der Waals surface area (Å²) in [6, 6.07) is 11.5. The van der Waals surface area contributed by atoms with Crippen molar-refractivity contribution in [3.8, 4) is 11.5 Å². The average Bonchev–Trinajstić information content (AvgIpc) is 2.61. The van der Waals surface area contributed by atoms with Gasteiger partial charge in [-0.15, -0.1) is 0 Å². The van der Waals surface area contributed by atoms with E-state index in [1.165, 1.54) is 0 Å². The molecular formula is C25H34N2O2. The maximum Gasteiger partial charge on any atom is 0.128 e. The molecule has 0 aliphatic heterocycles. The summed E-state index contributed by atoms with van der Waals surface area (Å²) in [6.07, 6.45) is 4.26. The summed E-state index contributed by atoms with van der Waals surface area (Å²) in [5, 5.41) is 20.9. The molecule has 2 rings (SSSR count). The molecule has 0 aliphatic carbocycles. The van der Waals surface area contributed by atoms with E-state index in [9.17, 15) is 10.2 Å². The first-order chi connectivity index (χ1) is 13.5. The minimum atomic E-state index is -0.113. The quantitative estimate of drug-likeness (QED) is 0.493. The Balaban J connectivity index is 1.91. The fourth-order valence-corrected chi connectivity index (χ4v) is 3.12. The number of para-hydroxylation sites is 2. The lowest BCUT2D eigenvalue weighted by atomic mass is 9.85. The van der Waals surface area contributed by atoms with Gasteiger partial charge in [0.1, 0.15) is 11.5 Å². The number of aliphatic imine (C=N–C) groups is 2. The second-order valence-corrected chi connectivity index (χ2v) is 9.41. The summed E-state index contributed by atoms with van der Waals surface area (Å²) >= 11 is 0. The molecule has 0 amide bonds. The molecule has 0 saturated heterocycles. The summed E-state index contributed by atoms with van der Waals surface area (Å²) in [5.41, 5.74) is 3.10. The van der Waals surface area contributed by atoms with Crippen LogP contribution in [0.5, 0.6) is 11.5 Å². The zero-order valence-corrected chi connectivity index (χ0v) is 18.5. The predicted octanol–water partition coefficient (Wildman–Crippen LogP) is 5.62. The van der Waals surface area contributed by atoms with Gasteiger partial charge in [0.2, 0.25) is 0 Å². The smallest absolute Gasteiger partial charge is 0.128 e. The largest absolute Gasteiger partial charge is 0.507 e. The summed E-state index contributed by atoms with van der Waals surface area (Å²) in [5.74, 6) is 0.604. The van der Waals surface area contributed by atoms with Gasteiger partial charge in [-0.1, -0.05) is 65.8 Å². The first-order valence-electron chi connectivity index (χ1n) is 10.2. The topological polar surface area (TPSA) is 65.2 Å². The maximum atomic E-state index is 10.5. The molecule has 0 aliphatic rings. The molecular weight excluding hydrogens is 360 g/mol. The van der Waals surface area contributed by atoms with Gasteiger partial charge in [-0.2, -0.15) is 0 Å². The number of phenolic OH excluding ortho intramolecular Hbond substituents is 2. The summed E-state index contributed by atoms with van der Waals surface area (Å²) in [4.78, 5) is 8.85. The lowest BCUT2D eigenvalue weighted by Gasteiger charge is -2.21. The molecule has 156 valence electrons. The molecule has 0 unspecified atom stereocenters. The molecule has 2 N–H and O–H groups in total. The van der Waals surface area contributed by atoms with Gasteiger partial charge in [-0.3, -0.25) is 9.98 Å². The van der Waals surface area contributed by atoms with Gasteiger partial charge in [0.05, 0.1) is 0 Å². The van der Waals surface area contributed by atoms with E-state index >= 15 is 0 Å². The third-order valence-electron chi connectivity index (χ3n) is 4.79. The fraction of sp³-hybridized carbons (Fsp3) is 0.440. The van der Waals surface area contributed by atoms with Crippen LogP contribution in [0.4, 0.5) is 0 Å². The number of rotatable bonds is 6. The maximum absolute atomic E-state index is 10.5. The van der Waals surface area contributed by atoms with Gasteiger partial charge in [0.15, 0.2) is 0 Å². The number of hydrogen-bond donors (Lipinski definition) is 2. The SMILES string of the molecule is CC(C)(C)c1cccc(C=NCCCN=Cc2cccc(C(C)(C)C)c2O)c1O. The van der Waals surface area contributed by atoms with Gasteiger partial charge in [0, 0.05) is 36.6 Å². The number of benzene rings is 2. The van der Waals surface area contributed by atoms with Crippen LogP contribution in [0.1, 0.15) is 70.2 Å². The van der Waals surface area contributed by atoms with E-state index in [0.717, 1.165) is 28.7 Å². The molecule has 2 aromatic carbocycles. The van der Waals surface area contributed by atoms with Crippen molar-refractivity contribution in [3.63, 3.8) is 0 Å². The number of aromatic hydroxyl groups is 2. The third kappa shape index (κ3) is 6.18. The third-order valence-corrected chi connectivity index (χ3v) is 4.79. The Kier molecular flexibility index (Phi) is 7.23. The van der Waals surface area contributed by atoms with E-state index in [1.54, 1.807) is 12.4 Å². The Bertz CT molecular complexity index is 811. The second-order valence-electron chi connectivity index (χ2n) is 9.41. The van der Waals surface area contributed by atoms with Crippen LogP contribution < -0.4 is 0 Å². The van der Waals surface area contributed by atoms with Gasteiger partial charge in [0.25, 0.3) is 0 Å². The van der Waals surface area contributed by atoms with Crippen molar-refractivity contribution in [2.24, 2.45) is 9.98 Å². The molecule has 0 fully saturated rings. The normalized spacial score (nSPS) is 12.9. The molecule has 0 aromatic heterocycles. The highest BCUT2D eigenvalue weighted by Gasteiger charge is 2.19. The molecule has 0 heterocycles. The van der Waals surface area contributed by atoms with Crippen molar-refractivity contribution >= 4 is 12.4 Å². The van der Waals surface area contributed by atoms with Crippen LogP contribution >= 0.6 is 0 Å². The highest BCUT2D eigenvalue weighted by Crippen LogP contribution is 2.33. The number of nitrogens with zero attached hydrogens (tertiary/aromatic N) is 2. The molecule has 0 spiro atoms. The predicted molar refractivity (Wildman–Crippen MR) is 123 cm³/mol. The Morgan fingerprint density at radius 1 is 0.690 bits per heavy atom. The fourth-order valence-electron chi connectivity index (χ4n) is 3.12. The molecule has 29 heavy (non-hydrogen) atoms. The van der Waals surface area contributed by atoms with Crippen LogP contribution in [0.15, 0.2) is 46.4 Å². The molecule has 0 atom stereocenters. The zero-order valence-electron chi connectivity index (χ0n) is 18.5. The summed E-state index contributed by atoms with van der Waals surface area (Å²) in [6.45, 7) is 13.7. The zero-order chi connectivity index (χ0) is 21.7. The number of hydrogen-bond acceptors (Lipinski definition) is 4. The van der Waals surface area contributed by atoms with Crippen LogP contribution in [0.3, 0.4) is 0 Å².